The number of carbonyl (C=O) groups is 1. The fourth-order valence-electron chi connectivity index (χ4n) is 1.96. The molecule has 2 aromatic rings. The Bertz CT molecular complexity index is 614. The maximum atomic E-state index is 12.6. The summed E-state index contributed by atoms with van der Waals surface area (Å²) in [6, 6.07) is 3.88. The summed E-state index contributed by atoms with van der Waals surface area (Å²) in [5.74, 6) is -0.0241. The van der Waals surface area contributed by atoms with Gasteiger partial charge >= 0.3 is 0 Å². The molecule has 0 bridgehead atoms. The van der Waals surface area contributed by atoms with Crippen LogP contribution in [0.4, 0.5) is 5.69 Å². The summed E-state index contributed by atoms with van der Waals surface area (Å²) in [6.45, 7) is 3.52. The molecule has 0 saturated heterocycles. The minimum absolute atomic E-state index is 0.0241. The SMILES string of the molecule is CCCNc1ccncc1C(=O)N(C)Cc1csc(Br)c1. The van der Waals surface area contributed by atoms with Crippen molar-refractivity contribution >= 4 is 38.9 Å². The first kappa shape index (κ1) is 16.0. The lowest BCUT2D eigenvalue weighted by molar-refractivity contribution is 0.0786. The number of pyridine rings is 1. The fourth-order valence-corrected chi connectivity index (χ4v) is 3.16. The van der Waals surface area contributed by atoms with E-state index in [9.17, 15) is 4.79 Å². The van der Waals surface area contributed by atoms with Gasteiger partial charge < -0.3 is 10.2 Å². The van der Waals surface area contributed by atoms with Crippen molar-refractivity contribution in [3.05, 3.63) is 44.8 Å². The van der Waals surface area contributed by atoms with Gasteiger partial charge in [-0.05, 0) is 45.4 Å². The molecular formula is C15H18BrN3OS. The van der Waals surface area contributed by atoms with E-state index in [0.29, 0.717) is 12.1 Å². The zero-order valence-corrected chi connectivity index (χ0v) is 14.5. The second kappa shape index (κ2) is 7.56. The summed E-state index contributed by atoms with van der Waals surface area (Å²) >= 11 is 5.06. The van der Waals surface area contributed by atoms with Gasteiger partial charge in [-0.1, -0.05) is 6.92 Å². The maximum Gasteiger partial charge on any atom is 0.257 e. The molecule has 2 aromatic heterocycles. The predicted molar refractivity (Wildman–Crippen MR) is 90.8 cm³/mol. The first-order valence-corrected chi connectivity index (χ1v) is 8.45. The minimum Gasteiger partial charge on any atom is -0.384 e. The van der Waals surface area contributed by atoms with Crippen LogP contribution in [0.5, 0.6) is 0 Å². The van der Waals surface area contributed by atoms with Crippen LogP contribution in [0.3, 0.4) is 0 Å². The molecule has 0 aliphatic carbocycles. The second-order valence-electron chi connectivity index (χ2n) is 4.77. The molecule has 112 valence electrons. The van der Waals surface area contributed by atoms with Gasteiger partial charge in [0, 0.05) is 32.5 Å². The molecule has 0 aromatic carbocycles. The number of nitrogens with zero attached hydrogens (tertiary/aromatic N) is 2. The van der Waals surface area contributed by atoms with Crippen LogP contribution < -0.4 is 5.32 Å². The van der Waals surface area contributed by atoms with E-state index in [0.717, 1.165) is 28.0 Å². The van der Waals surface area contributed by atoms with Crippen LogP contribution in [0.15, 0.2) is 33.7 Å². The standard InChI is InChI=1S/C15H18BrN3OS/c1-3-5-18-13-4-6-17-8-12(13)15(20)19(2)9-11-7-14(16)21-10-11/h4,6-8,10H,3,5,9H2,1-2H3,(H,17,18). The van der Waals surface area contributed by atoms with Crippen molar-refractivity contribution < 1.29 is 4.79 Å². The molecule has 21 heavy (non-hydrogen) atoms. The van der Waals surface area contributed by atoms with Crippen LogP contribution >= 0.6 is 27.3 Å². The number of hydrogen-bond acceptors (Lipinski definition) is 4. The molecule has 0 atom stereocenters. The average Bonchev–Trinajstić information content (AvgIpc) is 2.89. The van der Waals surface area contributed by atoms with E-state index in [2.05, 4.69) is 33.2 Å². The normalized spacial score (nSPS) is 10.4. The van der Waals surface area contributed by atoms with Crippen LogP contribution in [0.1, 0.15) is 29.3 Å². The third-order valence-corrected chi connectivity index (χ3v) is 4.56. The quantitative estimate of drug-likeness (QED) is 0.838. The van der Waals surface area contributed by atoms with E-state index < -0.39 is 0 Å². The molecule has 0 radical (unpaired) electrons. The number of nitrogens with one attached hydrogen (secondary N) is 1. The summed E-state index contributed by atoms with van der Waals surface area (Å²) < 4.78 is 1.07. The van der Waals surface area contributed by atoms with Gasteiger partial charge in [-0.2, -0.15) is 0 Å². The highest BCUT2D eigenvalue weighted by Crippen LogP contribution is 2.22. The van der Waals surface area contributed by atoms with Gasteiger partial charge in [-0.15, -0.1) is 11.3 Å². The van der Waals surface area contributed by atoms with Crippen LogP contribution in [-0.2, 0) is 6.54 Å². The monoisotopic (exact) mass is 367 g/mol. The topological polar surface area (TPSA) is 45.2 Å². The molecule has 2 heterocycles. The van der Waals surface area contributed by atoms with Gasteiger partial charge in [0.15, 0.2) is 0 Å². The van der Waals surface area contributed by atoms with Gasteiger partial charge in [0.2, 0.25) is 0 Å². The lowest BCUT2D eigenvalue weighted by Gasteiger charge is -2.18. The highest BCUT2D eigenvalue weighted by molar-refractivity contribution is 9.11. The largest absolute Gasteiger partial charge is 0.384 e. The third-order valence-electron chi connectivity index (χ3n) is 3.01. The number of aromatic nitrogens is 1. The Kier molecular flexibility index (Phi) is 5.76. The number of halogens is 1. The highest BCUT2D eigenvalue weighted by atomic mass is 79.9. The zero-order chi connectivity index (χ0) is 15.2. The van der Waals surface area contributed by atoms with Crippen molar-refractivity contribution in [3.8, 4) is 0 Å². The number of thiophene rings is 1. The van der Waals surface area contributed by atoms with Crippen molar-refractivity contribution in [2.24, 2.45) is 0 Å². The van der Waals surface area contributed by atoms with Gasteiger partial charge in [0.1, 0.15) is 0 Å². The molecule has 1 amide bonds. The van der Waals surface area contributed by atoms with Crippen LogP contribution in [-0.4, -0.2) is 29.4 Å². The molecule has 0 aliphatic heterocycles. The van der Waals surface area contributed by atoms with E-state index in [-0.39, 0.29) is 5.91 Å². The lowest BCUT2D eigenvalue weighted by atomic mass is 10.2. The number of anilines is 1. The molecule has 0 fully saturated rings. The van der Waals surface area contributed by atoms with Crippen molar-refractivity contribution in [2.45, 2.75) is 19.9 Å². The van der Waals surface area contributed by atoms with Gasteiger partial charge in [0.05, 0.1) is 15.0 Å². The number of carbonyl (C=O) groups excluding carboxylic acids is 1. The second-order valence-corrected chi connectivity index (χ2v) is 7.06. The average molecular weight is 368 g/mol. The van der Waals surface area contributed by atoms with Crippen molar-refractivity contribution in [2.75, 3.05) is 18.9 Å². The molecule has 2 rings (SSSR count). The molecule has 1 N–H and O–H groups in total. The Morgan fingerprint density at radius 3 is 3.00 bits per heavy atom. The van der Waals surface area contributed by atoms with Gasteiger partial charge in [0.25, 0.3) is 5.91 Å². The Hall–Kier alpha value is -1.40. The lowest BCUT2D eigenvalue weighted by Crippen LogP contribution is -2.27. The summed E-state index contributed by atoms with van der Waals surface area (Å²) in [6.07, 6.45) is 4.33. The fraction of sp³-hybridized carbons (Fsp3) is 0.333. The summed E-state index contributed by atoms with van der Waals surface area (Å²) in [5, 5.41) is 5.32. The molecule has 0 spiro atoms. The maximum absolute atomic E-state index is 12.6. The molecule has 6 heteroatoms. The van der Waals surface area contributed by atoms with Crippen LogP contribution in [0, 0.1) is 0 Å². The molecule has 0 aliphatic rings. The van der Waals surface area contributed by atoms with E-state index in [1.165, 1.54) is 0 Å². The Morgan fingerprint density at radius 2 is 2.33 bits per heavy atom. The number of amides is 1. The zero-order valence-electron chi connectivity index (χ0n) is 12.1. The van der Waals surface area contributed by atoms with Gasteiger partial charge in [-0.3, -0.25) is 9.78 Å². The van der Waals surface area contributed by atoms with Crippen LogP contribution in [0.25, 0.3) is 0 Å². The van der Waals surface area contributed by atoms with E-state index in [1.807, 2.05) is 24.6 Å². The Balaban J connectivity index is 2.11. The van der Waals surface area contributed by atoms with Crippen molar-refractivity contribution in [1.82, 2.24) is 9.88 Å². The molecule has 0 unspecified atom stereocenters. The molecule has 0 saturated carbocycles. The van der Waals surface area contributed by atoms with Crippen molar-refractivity contribution in [1.29, 1.82) is 0 Å². The third kappa shape index (κ3) is 4.28. The first-order valence-electron chi connectivity index (χ1n) is 6.78. The smallest absolute Gasteiger partial charge is 0.257 e. The van der Waals surface area contributed by atoms with E-state index >= 15 is 0 Å². The van der Waals surface area contributed by atoms with E-state index in [1.54, 1.807) is 28.6 Å². The predicted octanol–water partition coefficient (Wildman–Crippen LogP) is 4.00. The molecular weight excluding hydrogens is 350 g/mol. The number of rotatable bonds is 6. The number of hydrogen-bond donors (Lipinski definition) is 1. The summed E-state index contributed by atoms with van der Waals surface area (Å²) in [5.41, 5.74) is 2.58. The van der Waals surface area contributed by atoms with Crippen molar-refractivity contribution in [3.63, 3.8) is 0 Å². The first-order chi connectivity index (χ1) is 10.1. The summed E-state index contributed by atoms with van der Waals surface area (Å²) in [4.78, 5) is 18.4. The van der Waals surface area contributed by atoms with Gasteiger partial charge in [-0.25, -0.2) is 0 Å². The Labute approximate surface area is 137 Å². The highest BCUT2D eigenvalue weighted by Gasteiger charge is 2.16. The minimum atomic E-state index is -0.0241. The van der Waals surface area contributed by atoms with Crippen LogP contribution in [0.2, 0.25) is 0 Å². The Morgan fingerprint density at radius 1 is 1.52 bits per heavy atom. The van der Waals surface area contributed by atoms with E-state index in [4.69, 9.17) is 0 Å². The molecule has 4 nitrogen and oxygen atoms in total. The summed E-state index contributed by atoms with van der Waals surface area (Å²) in [7, 11) is 1.81.